The maximum Gasteiger partial charge on any atom is 0.339 e. The molecular formula is C12H15N3O4. The summed E-state index contributed by atoms with van der Waals surface area (Å²) >= 11 is 0. The summed E-state index contributed by atoms with van der Waals surface area (Å²) in [6.45, 7) is 3.58. The fourth-order valence-corrected chi connectivity index (χ4v) is 2.31. The molecule has 2 rings (SSSR count). The van der Waals surface area contributed by atoms with E-state index in [1.54, 1.807) is 0 Å². The predicted molar refractivity (Wildman–Crippen MR) is 68.5 cm³/mol. The summed E-state index contributed by atoms with van der Waals surface area (Å²) in [6.07, 6.45) is 3.14. The molecule has 1 fully saturated rings. The van der Waals surface area contributed by atoms with Crippen molar-refractivity contribution in [1.29, 1.82) is 0 Å². The van der Waals surface area contributed by atoms with Crippen LogP contribution in [0.25, 0.3) is 0 Å². The smallest absolute Gasteiger partial charge is 0.339 e. The average Bonchev–Trinajstić information content (AvgIpc) is 2.86. The lowest BCUT2D eigenvalue weighted by molar-refractivity contribution is -0.385. The van der Waals surface area contributed by atoms with E-state index in [2.05, 4.69) is 11.9 Å². The van der Waals surface area contributed by atoms with Crippen LogP contribution in [-0.2, 0) is 0 Å². The SMILES string of the molecule is CCC1CCN(c2ncc([N+](=O)[O-])cc2C(=O)O)C1. The van der Waals surface area contributed by atoms with Crippen LogP contribution >= 0.6 is 0 Å². The monoisotopic (exact) mass is 265 g/mol. The number of hydrogen-bond donors (Lipinski definition) is 1. The Balaban J connectivity index is 2.35. The lowest BCUT2D eigenvalue weighted by Gasteiger charge is -2.18. The third kappa shape index (κ3) is 2.64. The van der Waals surface area contributed by atoms with Crippen LogP contribution in [0.5, 0.6) is 0 Å². The van der Waals surface area contributed by atoms with Gasteiger partial charge in [-0.2, -0.15) is 0 Å². The van der Waals surface area contributed by atoms with Crippen LogP contribution in [0.15, 0.2) is 12.3 Å². The first-order valence-electron chi connectivity index (χ1n) is 6.15. The molecule has 1 aliphatic heterocycles. The van der Waals surface area contributed by atoms with Crippen molar-refractivity contribution in [2.45, 2.75) is 19.8 Å². The molecule has 1 aromatic rings. The zero-order chi connectivity index (χ0) is 14.0. The Kier molecular flexibility index (Phi) is 3.64. The summed E-state index contributed by atoms with van der Waals surface area (Å²) in [7, 11) is 0. The standard InChI is InChI=1S/C12H15N3O4/c1-2-8-3-4-14(7-8)11-10(12(16)17)5-9(6-13-11)15(18)19/h5-6,8H,2-4,7H2,1H3,(H,16,17). The van der Waals surface area contributed by atoms with E-state index >= 15 is 0 Å². The van der Waals surface area contributed by atoms with Crippen LogP contribution in [-0.4, -0.2) is 34.1 Å². The fraction of sp³-hybridized carbons (Fsp3) is 0.500. The topological polar surface area (TPSA) is 96.6 Å². The zero-order valence-electron chi connectivity index (χ0n) is 10.6. The average molecular weight is 265 g/mol. The lowest BCUT2D eigenvalue weighted by Crippen LogP contribution is -2.23. The van der Waals surface area contributed by atoms with E-state index in [0.29, 0.717) is 11.7 Å². The lowest BCUT2D eigenvalue weighted by atomic mass is 10.1. The maximum atomic E-state index is 11.2. The third-order valence-corrected chi connectivity index (χ3v) is 3.46. The van der Waals surface area contributed by atoms with Gasteiger partial charge in [-0.1, -0.05) is 13.3 Å². The van der Waals surface area contributed by atoms with Gasteiger partial charge in [-0.05, 0) is 12.3 Å². The highest BCUT2D eigenvalue weighted by molar-refractivity contribution is 5.94. The molecular weight excluding hydrogens is 250 g/mol. The number of rotatable bonds is 4. The van der Waals surface area contributed by atoms with Gasteiger partial charge in [-0.3, -0.25) is 10.1 Å². The summed E-state index contributed by atoms with van der Waals surface area (Å²) in [5.41, 5.74) is -0.404. The minimum Gasteiger partial charge on any atom is -0.478 e. The second kappa shape index (κ2) is 5.21. The Morgan fingerprint density at radius 1 is 1.68 bits per heavy atom. The first kappa shape index (κ1) is 13.3. The molecule has 1 aliphatic rings. The van der Waals surface area contributed by atoms with Gasteiger partial charge in [0.25, 0.3) is 5.69 Å². The van der Waals surface area contributed by atoms with Gasteiger partial charge in [0, 0.05) is 19.2 Å². The van der Waals surface area contributed by atoms with Crippen LogP contribution in [0.2, 0.25) is 0 Å². The van der Waals surface area contributed by atoms with Gasteiger partial charge in [0.15, 0.2) is 0 Å². The highest BCUT2D eigenvalue weighted by Gasteiger charge is 2.27. The van der Waals surface area contributed by atoms with Crippen molar-refractivity contribution in [2.24, 2.45) is 5.92 Å². The van der Waals surface area contributed by atoms with Crippen molar-refractivity contribution in [3.63, 3.8) is 0 Å². The number of carbonyl (C=O) groups is 1. The molecule has 0 radical (unpaired) electrons. The molecule has 0 bridgehead atoms. The quantitative estimate of drug-likeness (QED) is 0.660. The highest BCUT2D eigenvalue weighted by atomic mass is 16.6. The van der Waals surface area contributed by atoms with E-state index in [-0.39, 0.29) is 11.3 Å². The predicted octanol–water partition coefficient (Wildman–Crippen LogP) is 1.92. The molecule has 0 aromatic carbocycles. The Morgan fingerprint density at radius 2 is 2.42 bits per heavy atom. The second-order valence-corrected chi connectivity index (χ2v) is 4.64. The van der Waals surface area contributed by atoms with Gasteiger partial charge in [-0.15, -0.1) is 0 Å². The minimum absolute atomic E-state index is 0.106. The van der Waals surface area contributed by atoms with Crippen molar-refractivity contribution in [2.75, 3.05) is 18.0 Å². The van der Waals surface area contributed by atoms with E-state index < -0.39 is 10.9 Å². The molecule has 0 spiro atoms. The number of nitrogens with zero attached hydrogens (tertiary/aromatic N) is 3. The number of aromatic carboxylic acids is 1. The molecule has 2 heterocycles. The fourth-order valence-electron chi connectivity index (χ4n) is 2.31. The number of anilines is 1. The number of nitro groups is 1. The van der Waals surface area contributed by atoms with E-state index in [1.165, 1.54) is 0 Å². The van der Waals surface area contributed by atoms with Crippen molar-refractivity contribution < 1.29 is 14.8 Å². The molecule has 1 atom stereocenters. The summed E-state index contributed by atoms with van der Waals surface area (Å²) in [6, 6.07) is 1.07. The van der Waals surface area contributed by atoms with Crippen molar-refractivity contribution in [3.8, 4) is 0 Å². The molecule has 1 saturated heterocycles. The van der Waals surface area contributed by atoms with Crippen LogP contribution < -0.4 is 4.90 Å². The molecule has 7 nitrogen and oxygen atoms in total. The Morgan fingerprint density at radius 3 is 2.95 bits per heavy atom. The normalized spacial score (nSPS) is 18.6. The van der Waals surface area contributed by atoms with Gasteiger partial charge in [0.05, 0.1) is 4.92 Å². The van der Waals surface area contributed by atoms with E-state index in [0.717, 1.165) is 38.2 Å². The number of hydrogen-bond acceptors (Lipinski definition) is 5. The molecule has 0 amide bonds. The summed E-state index contributed by atoms with van der Waals surface area (Å²) in [5, 5.41) is 19.8. The molecule has 0 saturated carbocycles. The minimum atomic E-state index is -1.19. The molecule has 1 aromatic heterocycles. The molecule has 0 aliphatic carbocycles. The molecule has 7 heteroatoms. The Bertz CT molecular complexity index is 518. The van der Waals surface area contributed by atoms with Gasteiger partial charge >= 0.3 is 5.97 Å². The Hall–Kier alpha value is -2.18. The van der Waals surface area contributed by atoms with Crippen molar-refractivity contribution in [1.82, 2.24) is 4.98 Å². The van der Waals surface area contributed by atoms with Gasteiger partial charge in [0.2, 0.25) is 0 Å². The van der Waals surface area contributed by atoms with Crippen LogP contribution in [0.4, 0.5) is 11.5 Å². The second-order valence-electron chi connectivity index (χ2n) is 4.64. The van der Waals surface area contributed by atoms with Crippen molar-refractivity contribution in [3.05, 3.63) is 27.9 Å². The van der Waals surface area contributed by atoms with Crippen LogP contribution in [0.3, 0.4) is 0 Å². The Labute approximate surface area is 110 Å². The number of carboxylic acid groups (broad SMARTS) is 1. The first-order chi connectivity index (χ1) is 9.02. The van der Waals surface area contributed by atoms with Gasteiger partial charge in [0.1, 0.15) is 17.6 Å². The molecule has 19 heavy (non-hydrogen) atoms. The van der Waals surface area contributed by atoms with E-state index in [4.69, 9.17) is 5.11 Å². The van der Waals surface area contributed by atoms with Gasteiger partial charge < -0.3 is 10.0 Å². The largest absolute Gasteiger partial charge is 0.478 e. The van der Waals surface area contributed by atoms with E-state index in [9.17, 15) is 14.9 Å². The highest BCUT2D eigenvalue weighted by Crippen LogP contribution is 2.28. The maximum absolute atomic E-state index is 11.2. The van der Waals surface area contributed by atoms with Gasteiger partial charge in [-0.25, -0.2) is 9.78 Å². The number of carboxylic acids is 1. The summed E-state index contributed by atoms with van der Waals surface area (Å²) < 4.78 is 0. The third-order valence-electron chi connectivity index (χ3n) is 3.46. The van der Waals surface area contributed by atoms with Crippen LogP contribution in [0, 0.1) is 16.0 Å². The number of aromatic nitrogens is 1. The molecule has 102 valence electrons. The number of pyridine rings is 1. The molecule has 1 N–H and O–H groups in total. The van der Waals surface area contributed by atoms with Crippen LogP contribution in [0.1, 0.15) is 30.1 Å². The zero-order valence-corrected chi connectivity index (χ0v) is 10.6. The van der Waals surface area contributed by atoms with Crippen molar-refractivity contribution >= 4 is 17.5 Å². The first-order valence-corrected chi connectivity index (χ1v) is 6.15. The molecule has 1 unspecified atom stereocenters. The summed E-state index contributed by atoms with van der Waals surface area (Å²) in [5.74, 6) is -0.334. The summed E-state index contributed by atoms with van der Waals surface area (Å²) in [4.78, 5) is 27.1. The van der Waals surface area contributed by atoms with E-state index in [1.807, 2.05) is 4.90 Å².